The molecule has 0 aliphatic carbocycles. The van der Waals surface area contributed by atoms with E-state index in [4.69, 9.17) is 0 Å². The predicted octanol–water partition coefficient (Wildman–Crippen LogP) is 2.51. The van der Waals surface area contributed by atoms with Gasteiger partial charge >= 0.3 is 5.97 Å². The number of methoxy groups -OCH3 is 1. The van der Waals surface area contributed by atoms with Crippen LogP contribution in [0.3, 0.4) is 0 Å². The van der Waals surface area contributed by atoms with Crippen molar-refractivity contribution >= 4 is 28.3 Å². The van der Waals surface area contributed by atoms with E-state index in [0.29, 0.717) is 16.3 Å². The maximum absolute atomic E-state index is 12.4. The smallest absolute Gasteiger partial charge is 0.337 e. The number of nitrogens with zero attached hydrogens (tertiary/aromatic N) is 2. The lowest BCUT2D eigenvalue weighted by Gasteiger charge is -2.14. The molecule has 5 nitrogen and oxygen atoms in total. The van der Waals surface area contributed by atoms with Crippen molar-refractivity contribution in [1.29, 1.82) is 0 Å². The summed E-state index contributed by atoms with van der Waals surface area (Å²) in [4.78, 5) is 29.6. The van der Waals surface area contributed by atoms with E-state index in [0.717, 1.165) is 5.69 Å². The van der Waals surface area contributed by atoms with Crippen molar-refractivity contribution < 1.29 is 14.3 Å². The topological polar surface area (TPSA) is 59.5 Å². The lowest BCUT2D eigenvalue weighted by atomic mass is 10.1. The molecule has 0 fully saturated rings. The first-order valence-corrected chi connectivity index (χ1v) is 6.79. The molecule has 1 aromatic carbocycles. The number of hydrogen-bond donors (Lipinski definition) is 0. The van der Waals surface area contributed by atoms with Gasteiger partial charge in [0.15, 0.2) is 5.13 Å². The molecule has 2 rings (SSSR count). The molecule has 2 aromatic rings. The highest BCUT2D eigenvalue weighted by atomic mass is 32.1. The molecule has 104 valence electrons. The Bertz CT molecular complexity index is 651. The molecule has 1 amide bonds. The van der Waals surface area contributed by atoms with Gasteiger partial charge in [0, 0.05) is 18.0 Å². The third-order valence-corrected chi connectivity index (χ3v) is 3.76. The van der Waals surface area contributed by atoms with Crippen molar-refractivity contribution in [2.45, 2.75) is 6.92 Å². The van der Waals surface area contributed by atoms with Crippen LogP contribution in [0, 0.1) is 6.92 Å². The predicted molar refractivity (Wildman–Crippen MR) is 77.4 cm³/mol. The Labute approximate surface area is 120 Å². The van der Waals surface area contributed by atoms with Crippen LogP contribution in [0.5, 0.6) is 0 Å². The summed E-state index contributed by atoms with van der Waals surface area (Å²) >= 11 is 1.40. The first-order chi connectivity index (χ1) is 9.52. The number of anilines is 1. The minimum atomic E-state index is -0.465. The Kier molecular flexibility index (Phi) is 4.14. The molecule has 0 radical (unpaired) electrons. The average Bonchev–Trinajstić information content (AvgIpc) is 2.91. The van der Waals surface area contributed by atoms with Crippen LogP contribution in [-0.4, -0.2) is 31.0 Å². The van der Waals surface area contributed by atoms with Gasteiger partial charge in [-0.15, -0.1) is 11.3 Å². The van der Waals surface area contributed by atoms with Crippen LogP contribution < -0.4 is 4.90 Å². The Hall–Kier alpha value is -2.21. The summed E-state index contributed by atoms with van der Waals surface area (Å²) in [6.07, 6.45) is 0. The molecule has 1 heterocycles. The molecular weight excluding hydrogens is 276 g/mol. The summed E-state index contributed by atoms with van der Waals surface area (Å²) in [5, 5.41) is 2.50. The lowest BCUT2D eigenvalue weighted by molar-refractivity contribution is 0.0600. The molecular formula is C14H14N2O3S. The van der Waals surface area contributed by atoms with E-state index < -0.39 is 5.97 Å². The molecule has 6 heteroatoms. The zero-order chi connectivity index (χ0) is 14.7. The number of aromatic nitrogens is 1. The second-order valence-corrected chi connectivity index (χ2v) is 5.04. The van der Waals surface area contributed by atoms with Crippen LogP contribution in [-0.2, 0) is 4.74 Å². The highest BCUT2D eigenvalue weighted by Gasteiger charge is 2.17. The minimum Gasteiger partial charge on any atom is -0.465 e. The molecule has 0 spiro atoms. The molecule has 0 atom stereocenters. The quantitative estimate of drug-likeness (QED) is 0.815. The highest BCUT2D eigenvalue weighted by molar-refractivity contribution is 7.14. The van der Waals surface area contributed by atoms with Gasteiger partial charge in [0.2, 0.25) is 0 Å². The van der Waals surface area contributed by atoms with Crippen molar-refractivity contribution in [3.63, 3.8) is 0 Å². The zero-order valence-electron chi connectivity index (χ0n) is 11.4. The van der Waals surface area contributed by atoms with E-state index in [1.165, 1.54) is 29.4 Å². The van der Waals surface area contributed by atoms with Gasteiger partial charge in [0.25, 0.3) is 5.91 Å². The van der Waals surface area contributed by atoms with Crippen LogP contribution in [0.2, 0.25) is 0 Å². The molecule has 0 aliphatic heterocycles. The standard InChI is InChI=1S/C14H14N2O3S/c1-9-8-20-14(15-9)16(2)12(17)10-5-4-6-11(7-10)13(18)19-3/h4-8H,1-3H3. The number of thiazole rings is 1. The highest BCUT2D eigenvalue weighted by Crippen LogP contribution is 2.21. The molecule has 20 heavy (non-hydrogen) atoms. The van der Waals surface area contributed by atoms with Gasteiger partial charge in [-0.25, -0.2) is 9.78 Å². The number of rotatable bonds is 3. The first-order valence-electron chi connectivity index (χ1n) is 5.91. The van der Waals surface area contributed by atoms with Gasteiger partial charge in [0.05, 0.1) is 18.4 Å². The Morgan fingerprint density at radius 2 is 2.00 bits per heavy atom. The van der Waals surface area contributed by atoms with Gasteiger partial charge in [0.1, 0.15) is 0 Å². The van der Waals surface area contributed by atoms with Gasteiger partial charge < -0.3 is 4.74 Å². The zero-order valence-corrected chi connectivity index (χ0v) is 12.2. The number of hydrogen-bond acceptors (Lipinski definition) is 5. The number of ether oxygens (including phenoxy) is 1. The van der Waals surface area contributed by atoms with Crippen molar-refractivity contribution in [2.75, 3.05) is 19.1 Å². The van der Waals surface area contributed by atoms with E-state index in [2.05, 4.69) is 9.72 Å². The van der Waals surface area contributed by atoms with E-state index in [1.54, 1.807) is 25.2 Å². The van der Waals surface area contributed by atoms with E-state index in [9.17, 15) is 9.59 Å². The largest absolute Gasteiger partial charge is 0.465 e. The van der Waals surface area contributed by atoms with E-state index >= 15 is 0 Å². The minimum absolute atomic E-state index is 0.217. The molecule has 0 aliphatic rings. The molecule has 0 N–H and O–H groups in total. The van der Waals surface area contributed by atoms with E-state index in [1.807, 2.05) is 12.3 Å². The second-order valence-electron chi connectivity index (χ2n) is 4.21. The maximum atomic E-state index is 12.4. The monoisotopic (exact) mass is 290 g/mol. The number of esters is 1. The third-order valence-electron chi connectivity index (χ3n) is 2.73. The summed E-state index contributed by atoms with van der Waals surface area (Å²) in [5.41, 5.74) is 1.64. The normalized spacial score (nSPS) is 10.2. The van der Waals surface area contributed by atoms with Crippen LogP contribution in [0.1, 0.15) is 26.4 Å². The van der Waals surface area contributed by atoms with Crippen molar-refractivity contribution in [3.8, 4) is 0 Å². The fourth-order valence-electron chi connectivity index (χ4n) is 1.67. The number of carbonyl (C=O) groups is 2. The SMILES string of the molecule is COC(=O)c1cccc(C(=O)N(C)c2nc(C)cs2)c1. The fourth-order valence-corrected chi connectivity index (χ4v) is 2.44. The summed E-state index contributed by atoms with van der Waals surface area (Å²) in [6, 6.07) is 6.44. The fraction of sp³-hybridized carbons (Fsp3) is 0.214. The van der Waals surface area contributed by atoms with E-state index in [-0.39, 0.29) is 5.91 Å². The molecule has 0 bridgehead atoms. The molecule has 0 saturated carbocycles. The van der Waals surface area contributed by atoms with Crippen molar-refractivity contribution in [2.24, 2.45) is 0 Å². The van der Waals surface area contributed by atoms with Crippen molar-refractivity contribution in [1.82, 2.24) is 4.98 Å². The molecule has 1 aromatic heterocycles. The van der Waals surface area contributed by atoms with Crippen LogP contribution in [0.15, 0.2) is 29.6 Å². The summed E-state index contributed by atoms with van der Waals surface area (Å²) in [5.74, 6) is -0.683. The second kappa shape index (κ2) is 5.83. The Morgan fingerprint density at radius 3 is 2.60 bits per heavy atom. The number of amides is 1. The molecule has 0 saturated heterocycles. The summed E-state index contributed by atoms with van der Waals surface area (Å²) in [7, 11) is 2.97. The van der Waals surface area contributed by atoms with Crippen LogP contribution in [0.4, 0.5) is 5.13 Å². The first kappa shape index (κ1) is 14.2. The number of aryl methyl sites for hydroxylation is 1. The van der Waals surface area contributed by atoms with Gasteiger partial charge in [-0.3, -0.25) is 9.69 Å². The van der Waals surface area contributed by atoms with Crippen LogP contribution in [0.25, 0.3) is 0 Å². The number of benzene rings is 1. The van der Waals surface area contributed by atoms with Crippen molar-refractivity contribution in [3.05, 3.63) is 46.5 Å². The Balaban J connectivity index is 2.27. The third kappa shape index (κ3) is 2.85. The summed E-state index contributed by atoms with van der Waals surface area (Å²) in [6.45, 7) is 1.87. The molecule has 0 unspecified atom stereocenters. The summed E-state index contributed by atoms with van der Waals surface area (Å²) < 4.78 is 4.65. The number of carbonyl (C=O) groups excluding carboxylic acids is 2. The van der Waals surface area contributed by atoms with Gasteiger partial charge in [-0.2, -0.15) is 0 Å². The maximum Gasteiger partial charge on any atom is 0.337 e. The van der Waals surface area contributed by atoms with Gasteiger partial charge in [-0.1, -0.05) is 6.07 Å². The van der Waals surface area contributed by atoms with Gasteiger partial charge in [-0.05, 0) is 25.1 Å². The average molecular weight is 290 g/mol. The Morgan fingerprint density at radius 1 is 1.30 bits per heavy atom. The van der Waals surface area contributed by atoms with Crippen LogP contribution >= 0.6 is 11.3 Å². The lowest BCUT2D eigenvalue weighted by Crippen LogP contribution is -2.26.